The standard InChI is InChI=1S/C16H18N2O/c1-13(15-6-4-3-5-7-15)18-19-12-14-8-10-16(17-2)11-9-14/h3-11,17H,12H2,1-2H3/b18-13+. The molecular weight excluding hydrogens is 236 g/mol. The lowest BCUT2D eigenvalue weighted by atomic mass is 10.1. The van der Waals surface area contributed by atoms with Gasteiger partial charge in [-0.2, -0.15) is 0 Å². The minimum absolute atomic E-state index is 0.480. The van der Waals surface area contributed by atoms with Crippen LogP contribution in [-0.2, 0) is 11.4 Å². The van der Waals surface area contributed by atoms with Crippen molar-refractivity contribution in [2.45, 2.75) is 13.5 Å². The summed E-state index contributed by atoms with van der Waals surface area (Å²) in [5.41, 5.74) is 4.15. The van der Waals surface area contributed by atoms with Crippen LogP contribution in [-0.4, -0.2) is 12.8 Å². The van der Waals surface area contributed by atoms with Crippen LogP contribution in [0.5, 0.6) is 0 Å². The fourth-order valence-electron chi connectivity index (χ4n) is 1.70. The highest BCUT2D eigenvalue weighted by atomic mass is 16.6. The molecule has 19 heavy (non-hydrogen) atoms. The number of oxime groups is 1. The summed E-state index contributed by atoms with van der Waals surface area (Å²) in [6.45, 7) is 2.42. The van der Waals surface area contributed by atoms with E-state index in [1.54, 1.807) is 0 Å². The van der Waals surface area contributed by atoms with Gasteiger partial charge in [0, 0.05) is 12.7 Å². The van der Waals surface area contributed by atoms with E-state index >= 15 is 0 Å². The third-order valence-electron chi connectivity index (χ3n) is 2.87. The molecule has 0 fully saturated rings. The first kappa shape index (κ1) is 13.1. The molecule has 3 heteroatoms. The van der Waals surface area contributed by atoms with Gasteiger partial charge in [0.2, 0.25) is 0 Å². The number of nitrogens with one attached hydrogen (secondary N) is 1. The zero-order valence-electron chi connectivity index (χ0n) is 11.3. The molecule has 98 valence electrons. The van der Waals surface area contributed by atoms with Gasteiger partial charge in [-0.05, 0) is 30.2 Å². The molecule has 0 aromatic heterocycles. The molecule has 0 unspecified atom stereocenters. The minimum Gasteiger partial charge on any atom is -0.391 e. The number of hydrogen-bond acceptors (Lipinski definition) is 3. The predicted octanol–water partition coefficient (Wildman–Crippen LogP) is 3.67. The van der Waals surface area contributed by atoms with E-state index in [0.717, 1.165) is 22.5 Å². The maximum absolute atomic E-state index is 5.38. The monoisotopic (exact) mass is 254 g/mol. The molecule has 0 heterocycles. The van der Waals surface area contributed by atoms with Crippen molar-refractivity contribution in [2.75, 3.05) is 12.4 Å². The highest BCUT2D eigenvalue weighted by Gasteiger charge is 1.97. The lowest BCUT2D eigenvalue weighted by Gasteiger charge is -2.04. The lowest BCUT2D eigenvalue weighted by molar-refractivity contribution is 0.130. The first-order valence-electron chi connectivity index (χ1n) is 6.28. The smallest absolute Gasteiger partial charge is 0.142 e. The van der Waals surface area contributed by atoms with Crippen molar-refractivity contribution in [2.24, 2.45) is 5.16 Å². The van der Waals surface area contributed by atoms with E-state index in [1.165, 1.54) is 0 Å². The Balaban J connectivity index is 1.92. The van der Waals surface area contributed by atoms with Gasteiger partial charge < -0.3 is 10.2 Å². The maximum Gasteiger partial charge on any atom is 0.142 e. The van der Waals surface area contributed by atoms with Crippen molar-refractivity contribution in [3.63, 3.8) is 0 Å². The molecule has 0 saturated heterocycles. The molecule has 0 aliphatic rings. The first-order valence-corrected chi connectivity index (χ1v) is 6.28. The molecule has 0 spiro atoms. The molecule has 1 N–H and O–H groups in total. The van der Waals surface area contributed by atoms with E-state index < -0.39 is 0 Å². The van der Waals surface area contributed by atoms with Crippen LogP contribution in [0.2, 0.25) is 0 Å². The van der Waals surface area contributed by atoms with Gasteiger partial charge in [-0.25, -0.2) is 0 Å². The third-order valence-corrected chi connectivity index (χ3v) is 2.87. The van der Waals surface area contributed by atoms with Crippen molar-refractivity contribution in [1.29, 1.82) is 0 Å². The Morgan fingerprint density at radius 1 is 1.05 bits per heavy atom. The van der Waals surface area contributed by atoms with E-state index in [9.17, 15) is 0 Å². The summed E-state index contributed by atoms with van der Waals surface area (Å²) in [6.07, 6.45) is 0. The van der Waals surface area contributed by atoms with E-state index in [0.29, 0.717) is 6.61 Å². The Bertz CT molecular complexity index is 532. The average molecular weight is 254 g/mol. The fraction of sp³-hybridized carbons (Fsp3) is 0.188. The van der Waals surface area contributed by atoms with Crippen LogP contribution < -0.4 is 5.32 Å². The second-order valence-corrected chi connectivity index (χ2v) is 4.26. The summed E-state index contributed by atoms with van der Waals surface area (Å²) in [5.74, 6) is 0. The van der Waals surface area contributed by atoms with Gasteiger partial charge >= 0.3 is 0 Å². The van der Waals surface area contributed by atoms with Gasteiger partial charge in [0.1, 0.15) is 6.61 Å². The molecule has 2 aromatic carbocycles. The summed E-state index contributed by atoms with van der Waals surface area (Å²) in [7, 11) is 1.90. The molecule has 2 rings (SSSR count). The van der Waals surface area contributed by atoms with Crippen molar-refractivity contribution in [3.8, 4) is 0 Å². The quantitative estimate of drug-likeness (QED) is 0.652. The number of nitrogens with zero attached hydrogens (tertiary/aromatic N) is 1. The Labute approximate surface area is 113 Å². The zero-order valence-corrected chi connectivity index (χ0v) is 11.3. The molecule has 3 nitrogen and oxygen atoms in total. The van der Waals surface area contributed by atoms with Crippen molar-refractivity contribution in [1.82, 2.24) is 0 Å². The Hall–Kier alpha value is -2.29. The summed E-state index contributed by atoms with van der Waals surface area (Å²) in [5, 5.41) is 7.21. The van der Waals surface area contributed by atoms with Crippen LogP contribution in [0.4, 0.5) is 5.69 Å². The summed E-state index contributed by atoms with van der Waals surface area (Å²) < 4.78 is 0. The Kier molecular flexibility index (Phi) is 4.56. The van der Waals surface area contributed by atoms with Gasteiger partial charge in [-0.15, -0.1) is 0 Å². The molecule has 0 radical (unpaired) electrons. The molecule has 0 atom stereocenters. The number of hydrogen-bond donors (Lipinski definition) is 1. The zero-order chi connectivity index (χ0) is 13.5. The van der Waals surface area contributed by atoms with Crippen LogP contribution >= 0.6 is 0 Å². The summed E-state index contributed by atoms with van der Waals surface area (Å²) in [4.78, 5) is 5.38. The first-order chi connectivity index (χ1) is 9.29. The molecule has 0 bridgehead atoms. The van der Waals surface area contributed by atoms with Crippen LogP contribution in [0.15, 0.2) is 59.8 Å². The molecule has 2 aromatic rings. The van der Waals surface area contributed by atoms with E-state index in [1.807, 2.05) is 68.6 Å². The number of anilines is 1. The maximum atomic E-state index is 5.38. The van der Waals surface area contributed by atoms with Crippen LogP contribution in [0.25, 0.3) is 0 Å². The normalized spacial score (nSPS) is 11.2. The van der Waals surface area contributed by atoms with E-state index in [4.69, 9.17) is 4.84 Å². The van der Waals surface area contributed by atoms with E-state index in [-0.39, 0.29) is 0 Å². The number of benzene rings is 2. The molecule has 0 aliphatic heterocycles. The highest BCUT2D eigenvalue weighted by Crippen LogP contribution is 2.10. The molecule has 0 aliphatic carbocycles. The van der Waals surface area contributed by atoms with Gasteiger partial charge in [0.05, 0.1) is 5.71 Å². The van der Waals surface area contributed by atoms with Crippen LogP contribution in [0, 0.1) is 0 Å². The Morgan fingerprint density at radius 3 is 2.37 bits per heavy atom. The van der Waals surface area contributed by atoms with Gasteiger partial charge in [-0.3, -0.25) is 0 Å². The third kappa shape index (κ3) is 3.85. The second kappa shape index (κ2) is 6.59. The van der Waals surface area contributed by atoms with Crippen molar-refractivity contribution in [3.05, 3.63) is 65.7 Å². The Morgan fingerprint density at radius 2 is 1.74 bits per heavy atom. The SMILES string of the molecule is CNc1ccc(CO/N=C(\C)c2ccccc2)cc1. The van der Waals surface area contributed by atoms with Crippen LogP contribution in [0.1, 0.15) is 18.1 Å². The largest absolute Gasteiger partial charge is 0.391 e. The summed E-state index contributed by atoms with van der Waals surface area (Å²) >= 11 is 0. The van der Waals surface area contributed by atoms with Gasteiger partial charge in [0.15, 0.2) is 0 Å². The van der Waals surface area contributed by atoms with Gasteiger partial charge in [0.25, 0.3) is 0 Å². The predicted molar refractivity (Wildman–Crippen MR) is 79.4 cm³/mol. The number of rotatable bonds is 5. The topological polar surface area (TPSA) is 33.6 Å². The minimum atomic E-state index is 0.480. The molecule has 0 amide bonds. The fourth-order valence-corrected chi connectivity index (χ4v) is 1.70. The second-order valence-electron chi connectivity index (χ2n) is 4.26. The van der Waals surface area contributed by atoms with Crippen LogP contribution in [0.3, 0.4) is 0 Å². The highest BCUT2D eigenvalue weighted by molar-refractivity contribution is 5.98. The van der Waals surface area contributed by atoms with E-state index in [2.05, 4.69) is 10.5 Å². The van der Waals surface area contributed by atoms with Gasteiger partial charge in [-0.1, -0.05) is 47.6 Å². The molecule has 0 saturated carbocycles. The van der Waals surface area contributed by atoms with Crippen molar-refractivity contribution < 1.29 is 4.84 Å². The average Bonchev–Trinajstić information content (AvgIpc) is 2.49. The van der Waals surface area contributed by atoms with Crippen molar-refractivity contribution >= 4 is 11.4 Å². The lowest BCUT2D eigenvalue weighted by Crippen LogP contribution is -1.96. The molecular formula is C16H18N2O. The summed E-state index contributed by atoms with van der Waals surface area (Å²) in [6, 6.07) is 18.1.